The number of furan rings is 1. The Morgan fingerprint density at radius 2 is 1.79 bits per heavy atom. The Kier molecular flexibility index (Phi) is 7.55. The van der Waals surface area contributed by atoms with Crippen LogP contribution in [0.5, 0.6) is 5.75 Å². The first-order chi connectivity index (χ1) is 14.1. The summed E-state index contributed by atoms with van der Waals surface area (Å²) in [5.41, 5.74) is 1.16. The fourth-order valence-electron chi connectivity index (χ4n) is 2.72. The van der Waals surface area contributed by atoms with Crippen LogP contribution in [-0.2, 0) is 23.0 Å². The van der Waals surface area contributed by atoms with Crippen LogP contribution >= 0.6 is 11.8 Å². The van der Waals surface area contributed by atoms with Crippen molar-refractivity contribution in [3.63, 3.8) is 0 Å². The van der Waals surface area contributed by atoms with Crippen LogP contribution in [0.25, 0.3) is 0 Å². The average molecular weight is 430 g/mol. The quantitative estimate of drug-likeness (QED) is 0.514. The van der Waals surface area contributed by atoms with E-state index in [1.54, 1.807) is 55.3 Å². The largest absolute Gasteiger partial charge is 0.497 e. The van der Waals surface area contributed by atoms with Crippen molar-refractivity contribution in [2.24, 2.45) is 0 Å². The minimum absolute atomic E-state index is 0.210. The Labute approximate surface area is 177 Å². The van der Waals surface area contributed by atoms with E-state index >= 15 is 0 Å². The van der Waals surface area contributed by atoms with E-state index < -0.39 is 10.8 Å². The minimum atomic E-state index is -1.26. The lowest BCUT2D eigenvalue weighted by Crippen LogP contribution is -2.25. The summed E-state index contributed by atoms with van der Waals surface area (Å²) < 4.78 is 23.2. The zero-order chi connectivity index (χ0) is 20.6. The van der Waals surface area contributed by atoms with E-state index in [4.69, 9.17) is 9.15 Å². The third-order valence-electron chi connectivity index (χ3n) is 4.34. The molecule has 29 heavy (non-hydrogen) atoms. The number of nitrogens with one attached hydrogen (secondary N) is 1. The lowest BCUT2D eigenvalue weighted by molar-refractivity contribution is 0.0925. The minimum Gasteiger partial charge on any atom is -0.497 e. The van der Waals surface area contributed by atoms with Gasteiger partial charge in [-0.15, -0.1) is 11.8 Å². The van der Waals surface area contributed by atoms with Gasteiger partial charge in [-0.25, -0.2) is 0 Å². The van der Waals surface area contributed by atoms with Crippen molar-refractivity contribution in [3.05, 3.63) is 77.7 Å². The normalized spacial score (nSPS) is 11.8. The molecule has 0 spiro atoms. The average Bonchev–Trinajstić information content (AvgIpc) is 3.22. The molecule has 1 heterocycles. The van der Waals surface area contributed by atoms with Crippen LogP contribution in [0.15, 0.2) is 74.9 Å². The number of methoxy groups -OCH3 is 1. The summed E-state index contributed by atoms with van der Waals surface area (Å²) in [6, 6.07) is 18.6. The zero-order valence-electron chi connectivity index (χ0n) is 16.3. The summed E-state index contributed by atoms with van der Waals surface area (Å²) in [6.07, 6.45) is 2.79. The van der Waals surface area contributed by atoms with Gasteiger partial charge in [0, 0.05) is 16.3 Å². The molecular weight excluding hydrogens is 406 g/mol. The van der Waals surface area contributed by atoms with Crippen LogP contribution in [0, 0.1) is 0 Å². The standard InChI is InChI=1S/C22H23NO4S2/c1-26-17-5-10-20(11-6-17)29(25)15-18-7-12-21(27-18)22(24)23-14-13-16-3-8-19(28-2)9-4-16/h3-12H,13-15H2,1-2H3,(H,23,24)/t29-/m0/s1. The summed E-state index contributed by atoms with van der Waals surface area (Å²) in [4.78, 5) is 14.2. The third kappa shape index (κ3) is 5.98. The lowest BCUT2D eigenvalue weighted by atomic mass is 10.1. The molecule has 0 fully saturated rings. The number of carbonyl (C=O) groups is 1. The topological polar surface area (TPSA) is 68.5 Å². The molecule has 1 N–H and O–H groups in total. The number of rotatable bonds is 9. The number of thioether (sulfide) groups is 1. The van der Waals surface area contributed by atoms with E-state index in [0.717, 1.165) is 12.0 Å². The number of benzene rings is 2. The summed E-state index contributed by atoms with van der Waals surface area (Å²) >= 11 is 1.70. The molecule has 5 nitrogen and oxygen atoms in total. The van der Waals surface area contributed by atoms with Gasteiger partial charge in [0.15, 0.2) is 5.76 Å². The van der Waals surface area contributed by atoms with Gasteiger partial charge in [0.25, 0.3) is 5.91 Å². The summed E-state index contributed by atoms with van der Waals surface area (Å²) in [5, 5.41) is 2.86. The van der Waals surface area contributed by atoms with Crippen molar-refractivity contribution in [1.82, 2.24) is 5.32 Å². The second-order valence-electron chi connectivity index (χ2n) is 6.29. The molecule has 0 radical (unpaired) electrons. The maximum absolute atomic E-state index is 12.5. The van der Waals surface area contributed by atoms with Crippen molar-refractivity contribution < 1.29 is 18.2 Å². The predicted octanol–water partition coefficient (Wildman–Crippen LogP) is 4.29. The van der Waals surface area contributed by atoms with Crippen molar-refractivity contribution in [2.75, 3.05) is 19.9 Å². The molecule has 1 amide bonds. The zero-order valence-corrected chi connectivity index (χ0v) is 18.0. The van der Waals surface area contributed by atoms with Gasteiger partial charge < -0.3 is 14.5 Å². The monoisotopic (exact) mass is 429 g/mol. The fraction of sp³-hybridized carbons (Fsp3) is 0.227. The first-order valence-electron chi connectivity index (χ1n) is 9.11. The van der Waals surface area contributed by atoms with Crippen molar-refractivity contribution in [2.45, 2.75) is 22.0 Å². The van der Waals surface area contributed by atoms with Crippen molar-refractivity contribution >= 4 is 28.5 Å². The van der Waals surface area contributed by atoms with Crippen molar-refractivity contribution in [1.29, 1.82) is 0 Å². The molecule has 1 atom stereocenters. The van der Waals surface area contributed by atoms with Gasteiger partial charge in [-0.3, -0.25) is 9.00 Å². The van der Waals surface area contributed by atoms with Crippen LogP contribution in [0.3, 0.4) is 0 Å². The van der Waals surface area contributed by atoms with E-state index in [0.29, 0.717) is 22.9 Å². The van der Waals surface area contributed by atoms with Gasteiger partial charge in [0.1, 0.15) is 11.5 Å². The number of hydrogen-bond acceptors (Lipinski definition) is 5. The van der Waals surface area contributed by atoms with Crippen LogP contribution in [-0.4, -0.2) is 30.0 Å². The Hall–Kier alpha value is -2.51. The molecule has 0 saturated carbocycles. The van der Waals surface area contributed by atoms with Gasteiger partial charge in [0.05, 0.1) is 23.7 Å². The maximum atomic E-state index is 12.5. The number of hydrogen-bond donors (Lipinski definition) is 1. The first kappa shape index (κ1) is 21.2. The molecule has 2 aromatic carbocycles. The van der Waals surface area contributed by atoms with Crippen LogP contribution in [0.2, 0.25) is 0 Å². The maximum Gasteiger partial charge on any atom is 0.287 e. The molecule has 0 aliphatic carbocycles. The first-order valence-corrected chi connectivity index (χ1v) is 11.7. The molecule has 0 aliphatic heterocycles. The number of amides is 1. The van der Waals surface area contributed by atoms with E-state index in [-0.39, 0.29) is 17.4 Å². The highest BCUT2D eigenvalue weighted by molar-refractivity contribution is 7.98. The molecule has 0 unspecified atom stereocenters. The smallest absolute Gasteiger partial charge is 0.287 e. The molecule has 0 saturated heterocycles. The molecule has 7 heteroatoms. The summed E-state index contributed by atoms with van der Waals surface area (Å²) in [5.74, 6) is 1.39. The fourth-order valence-corrected chi connectivity index (χ4v) is 4.15. The van der Waals surface area contributed by atoms with Gasteiger partial charge in [-0.1, -0.05) is 12.1 Å². The Morgan fingerprint density at radius 1 is 1.07 bits per heavy atom. The summed E-state index contributed by atoms with van der Waals surface area (Å²) in [7, 11) is 0.325. The second kappa shape index (κ2) is 10.3. The second-order valence-corrected chi connectivity index (χ2v) is 8.62. The Bertz CT molecular complexity index is 965. The van der Waals surface area contributed by atoms with Crippen LogP contribution in [0.1, 0.15) is 21.9 Å². The van der Waals surface area contributed by atoms with E-state index in [1.165, 1.54) is 4.90 Å². The van der Waals surface area contributed by atoms with E-state index in [2.05, 4.69) is 29.6 Å². The molecular formula is C22H23NO4S2. The molecule has 3 aromatic rings. The van der Waals surface area contributed by atoms with Gasteiger partial charge in [-0.2, -0.15) is 0 Å². The molecule has 1 aromatic heterocycles. The predicted molar refractivity (Wildman–Crippen MR) is 116 cm³/mol. The number of carbonyl (C=O) groups excluding carboxylic acids is 1. The molecule has 0 bridgehead atoms. The van der Waals surface area contributed by atoms with Gasteiger partial charge >= 0.3 is 0 Å². The third-order valence-corrected chi connectivity index (χ3v) is 6.43. The Morgan fingerprint density at radius 3 is 2.45 bits per heavy atom. The SMILES string of the molecule is COc1ccc([S@@](=O)Cc2ccc(C(=O)NCCc3ccc(SC)cc3)o2)cc1. The van der Waals surface area contributed by atoms with Crippen molar-refractivity contribution in [3.8, 4) is 5.75 Å². The highest BCUT2D eigenvalue weighted by Gasteiger charge is 2.13. The van der Waals surface area contributed by atoms with Crippen LogP contribution < -0.4 is 10.1 Å². The van der Waals surface area contributed by atoms with Crippen LogP contribution in [0.4, 0.5) is 0 Å². The molecule has 152 valence electrons. The van der Waals surface area contributed by atoms with E-state index in [9.17, 15) is 9.00 Å². The van der Waals surface area contributed by atoms with Gasteiger partial charge in [-0.05, 0) is 66.8 Å². The molecule has 0 aliphatic rings. The highest BCUT2D eigenvalue weighted by Crippen LogP contribution is 2.18. The molecule has 3 rings (SSSR count). The highest BCUT2D eigenvalue weighted by atomic mass is 32.2. The van der Waals surface area contributed by atoms with Gasteiger partial charge in [0.2, 0.25) is 0 Å². The summed E-state index contributed by atoms with van der Waals surface area (Å²) in [6.45, 7) is 0.519. The Balaban J connectivity index is 1.50. The van der Waals surface area contributed by atoms with E-state index in [1.807, 2.05) is 6.26 Å². The number of ether oxygens (including phenoxy) is 1. The lowest BCUT2D eigenvalue weighted by Gasteiger charge is -2.05.